The molecule has 0 bridgehead atoms. The number of aliphatic hydroxyl groups excluding tert-OH is 4. The maximum Gasteiger partial charge on any atom is 0.330 e. The molecule has 25 atom stereocenters. The molecule has 3 saturated carbocycles. The number of hydrogen-bond acceptors (Lipinski definition) is 21. The monoisotopic (exact) mass is 1080 g/mol. The van der Waals surface area contributed by atoms with Crippen molar-refractivity contribution < 1.29 is 102 Å². The number of esters is 1. The smallest absolute Gasteiger partial charge is 0.330 e. The van der Waals surface area contributed by atoms with E-state index in [2.05, 4.69) is 6.92 Å². The van der Waals surface area contributed by atoms with Crippen LogP contribution in [0.1, 0.15) is 127 Å². The minimum absolute atomic E-state index is 0.0476. The van der Waals surface area contributed by atoms with Crippen molar-refractivity contribution in [2.75, 3.05) is 27.9 Å². The van der Waals surface area contributed by atoms with Gasteiger partial charge in [-0.25, -0.2) is 4.79 Å². The summed E-state index contributed by atoms with van der Waals surface area (Å²) in [6.45, 7) is 15.7. The van der Waals surface area contributed by atoms with E-state index in [1.54, 1.807) is 28.1 Å². The number of carbonyl (C=O) groups excluding carboxylic acids is 2. The normalized spacial score (nSPS) is 49.8. The van der Waals surface area contributed by atoms with E-state index in [-0.39, 0.29) is 44.1 Å². The van der Waals surface area contributed by atoms with Gasteiger partial charge < -0.3 is 92.6 Å². The number of hydrogen-bond donors (Lipinski definition) is 7. The van der Waals surface area contributed by atoms with Crippen LogP contribution >= 0.6 is 0 Å². The fourth-order valence-electron chi connectivity index (χ4n) is 14.4. The third-order valence-electron chi connectivity index (χ3n) is 19.5. The Hall–Kier alpha value is -2.10. The molecule has 0 aromatic carbocycles. The van der Waals surface area contributed by atoms with Gasteiger partial charge in [0.25, 0.3) is 0 Å². The molecular weight excluding hydrogens is 997 g/mol. The van der Waals surface area contributed by atoms with Gasteiger partial charge in [-0.05, 0) is 97.8 Å². The lowest BCUT2D eigenvalue weighted by Crippen LogP contribution is -2.78. The number of ketones is 1. The zero-order chi connectivity index (χ0) is 55.6. The first-order valence-electron chi connectivity index (χ1n) is 27.5. The molecule has 434 valence electrons. The number of rotatable bonds is 16. The largest absolute Gasteiger partial charge is 0.458 e. The van der Waals surface area contributed by atoms with Gasteiger partial charge in [0.2, 0.25) is 0 Å². The lowest BCUT2D eigenvalue weighted by molar-refractivity contribution is -0.357. The standard InChI is InChI=1S/C55H88O21/c1-26(2)27(3)19-40(58)73-39-24-38-51(8)15-14-33(20-32(51)13-16-54(38,63)55(64)18-17-53(62,31(7)57)52(39,55)9)71-41-21-34(65-10)47(28(4)68-41)74-42-22-35(66-11)48(29(5)69-42)75-43-23-36(67-12)49(30(6)70-43)76-50-46(61)45(60)44(59)37(25-56)72-50/h13,19,26,28-30,33-39,41-50,56,59-64H,14-18,20-25H2,1-12H3/b27-19-/t28-,29-,30-,33+,34+,35+,36+,37-,38?,39-,41?,42?,43?,44-,45+,46-,47?,48?,49?,50?,51+,52-,53-,54+,55-/m1/s1. The minimum atomic E-state index is -2.04. The topological polar surface area (TPSA) is 287 Å². The van der Waals surface area contributed by atoms with Gasteiger partial charge in [0.15, 0.2) is 30.9 Å². The third kappa shape index (κ3) is 10.5. The third-order valence-corrected chi connectivity index (χ3v) is 19.5. The number of allylic oxidation sites excluding steroid dienone is 1. The van der Waals surface area contributed by atoms with Crippen molar-refractivity contribution in [3.05, 3.63) is 23.3 Å². The summed E-state index contributed by atoms with van der Waals surface area (Å²) in [5.74, 6) is -1.66. The average molecular weight is 1090 g/mol. The Balaban J connectivity index is 0.878. The summed E-state index contributed by atoms with van der Waals surface area (Å²) in [4.78, 5) is 26.9. The SMILES string of the molecule is CO[C@H]1CC(OC2[C@@H](OC)CC(O[C@H]3CC[C@@]4(C)C(=CC[C@]5(O)C4C[C@@H](OC(=O)/C=C(/C)C(C)C)[C@@]4(C)[C@]5(O)CC[C@@]4(O)C(C)=O)C3)O[C@@H]2C)O[C@H](C)C1OC1C[C@H](OC)C(OC2O[C@H](CO)[C@@H](O)[C@H](O)[C@H]2O)[C@@H](C)O1. The van der Waals surface area contributed by atoms with Crippen molar-refractivity contribution in [3.63, 3.8) is 0 Å². The van der Waals surface area contributed by atoms with E-state index in [1.165, 1.54) is 20.1 Å². The van der Waals surface area contributed by atoms with Gasteiger partial charge in [-0.3, -0.25) is 4.79 Å². The quantitative estimate of drug-likeness (QED) is 0.0664. The summed E-state index contributed by atoms with van der Waals surface area (Å²) in [6.07, 6.45) is -9.62. The van der Waals surface area contributed by atoms with Crippen LogP contribution in [0.4, 0.5) is 0 Å². The number of Topliss-reactive ketones (excluding diaryl/α,β-unsaturated/α-hetero) is 1. The molecule has 4 saturated heterocycles. The molecule has 7 N–H and O–H groups in total. The highest BCUT2D eigenvalue weighted by Crippen LogP contribution is 2.71. The van der Waals surface area contributed by atoms with Gasteiger partial charge in [-0.2, -0.15) is 0 Å². The molecule has 8 rings (SSSR count). The Morgan fingerprint density at radius 2 is 1.25 bits per heavy atom. The second-order valence-corrected chi connectivity index (χ2v) is 23.9. The molecule has 21 heteroatoms. The van der Waals surface area contributed by atoms with Crippen LogP contribution in [0.15, 0.2) is 23.3 Å². The van der Waals surface area contributed by atoms with Crippen LogP contribution in [0.5, 0.6) is 0 Å². The van der Waals surface area contributed by atoms with Crippen molar-refractivity contribution in [2.24, 2.45) is 22.7 Å². The summed E-state index contributed by atoms with van der Waals surface area (Å²) < 4.78 is 74.8. The van der Waals surface area contributed by atoms with E-state index in [0.717, 1.165) is 11.1 Å². The number of fused-ring (bicyclic) bond motifs is 5. The molecular formula is C55H88O21. The molecule has 0 radical (unpaired) electrons. The highest BCUT2D eigenvalue weighted by molar-refractivity contribution is 5.87. The maximum absolute atomic E-state index is 13.6. The van der Waals surface area contributed by atoms with E-state index in [0.29, 0.717) is 32.1 Å². The first kappa shape index (κ1) is 60.0. The second-order valence-electron chi connectivity index (χ2n) is 23.9. The van der Waals surface area contributed by atoms with Crippen molar-refractivity contribution in [3.8, 4) is 0 Å². The predicted octanol–water partition coefficient (Wildman–Crippen LogP) is 2.41. The van der Waals surface area contributed by atoms with Gasteiger partial charge in [-0.1, -0.05) is 38.0 Å². The molecule has 21 nitrogen and oxygen atoms in total. The number of aliphatic hydroxyl groups is 7. The molecule has 0 aromatic rings. The zero-order valence-corrected chi connectivity index (χ0v) is 46.4. The van der Waals surface area contributed by atoms with Gasteiger partial charge in [0.05, 0.1) is 54.7 Å². The minimum Gasteiger partial charge on any atom is -0.458 e. The molecule has 8 unspecified atom stereocenters. The first-order chi connectivity index (χ1) is 35.7. The van der Waals surface area contributed by atoms with Crippen LogP contribution in [0.2, 0.25) is 0 Å². The van der Waals surface area contributed by atoms with E-state index in [9.17, 15) is 45.3 Å². The Labute approximate surface area is 446 Å². The number of ether oxygens (including phenoxy) is 12. The van der Waals surface area contributed by atoms with Gasteiger partial charge in [0.1, 0.15) is 65.6 Å². The van der Waals surface area contributed by atoms with Crippen LogP contribution in [-0.2, 0) is 66.4 Å². The average Bonchev–Trinajstić information content (AvgIpc) is 3.86. The molecule has 76 heavy (non-hydrogen) atoms. The Morgan fingerprint density at radius 3 is 1.75 bits per heavy atom. The Morgan fingerprint density at radius 1 is 0.724 bits per heavy atom. The van der Waals surface area contributed by atoms with Gasteiger partial charge in [-0.15, -0.1) is 0 Å². The lowest BCUT2D eigenvalue weighted by atomic mass is 9.42. The molecule has 4 aliphatic carbocycles. The maximum atomic E-state index is 13.6. The molecule has 8 aliphatic rings. The van der Waals surface area contributed by atoms with Crippen molar-refractivity contribution in [2.45, 2.75) is 260 Å². The first-order valence-corrected chi connectivity index (χ1v) is 27.5. The van der Waals surface area contributed by atoms with Crippen LogP contribution < -0.4 is 0 Å². The van der Waals surface area contributed by atoms with E-state index in [1.807, 2.05) is 40.7 Å². The molecule has 0 amide bonds. The predicted molar refractivity (Wildman–Crippen MR) is 267 cm³/mol. The van der Waals surface area contributed by atoms with Crippen LogP contribution in [-0.4, -0.2) is 209 Å². The molecule has 7 fully saturated rings. The van der Waals surface area contributed by atoms with Gasteiger partial charge >= 0.3 is 5.97 Å². The summed E-state index contributed by atoms with van der Waals surface area (Å²) in [5, 5.41) is 78.8. The van der Waals surface area contributed by atoms with E-state index < -0.39 is 163 Å². The molecule has 4 aliphatic heterocycles. The van der Waals surface area contributed by atoms with E-state index in [4.69, 9.17) is 56.8 Å². The van der Waals surface area contributed by atoms with Gasteiger partial charge in [0, 0.05) is 52.6 Å². The van der Waals surface area contributed by atoms with Crippen molar-refractivity contribution in [1.29, 1.82) is 0 Å². The van der Waals surface area contributed by atoms with Crippen LogP contribution in [0, 0.1) is 22.7 Å². The Kier molecular flexibility index (Phi) is 18.2. The fraction of sp³-hybridized carbons (Fsp3) is 0.891. The lowest BCUT2D eigenvalue weighted by Gasteiger charge is -2.67. The van der Waals surface area contributed by atoms with Crippen molar-refractivity contribution >= 4 is 11.8 Å². The highest BCUT2D eigenvalue weighted by Gasteiger charge is 2.81. The summed E-state index contributed by atoms with van der Waals surface area (Å²) in [5.41, 5.74) is -6.21. The summed E-state index contributed by atoms with van der Waals surface area (Å²) in [6, 6.07) is 0. The number of methoxy groups -OCH3 is 3. The molecule has 4 heterocycles. The highest BCUT2D eigenvalue weighted by atomic mass is 16.8. The zero-order valence-electron chi connectivity index (χ0n) is 46.4. The molecule has 0 spiro atoms. The fourth-order valence-corrected chi connectivity index (χ4v) is 14.4. The van der Waals surface area contributed by atoms with Crippen molar-refractivity contribution in [1.82, 2.24) is 0 Å². The summed E-state index contributed by atoms with van der Waals surface area (Å²) >= 11 is 0. The van der Waals surface area contributed by atoms with Crippen LogP contribution in [0.25, 0.3) is 0 Å². The number of carbonyl (C=O) groups is 2. The summed E-state index contributed by atoms with van der Waals surface area (Å²) in [7, 11) is 4.72. The second kappa shape index (κ2) is 23.0. The van der Waals surface area contributed by atoms with Crippen LogP contribution in [0.3, 0.4) is 0 Å². The van der Waals surface area contributed by atoms with E-state index >= 15 is 0 Å². The molecule has 0 aromatic heterocycles. The Bertz CT molecular complexity index is 2110.